The number of rotatable bonds is 22. The van der Waals surface area contributed by atoms with E-state index in [9.17, 15) is 44.4 Å². The predicted molar refractivity (Wildman–Crippen MR) is 134 cm³/mol. The summed E-state index contributed by atoms with van der Waals surface area (Å²) in [6.45, 7) is 3.36. The molecule has 36 heavy (non-hydrogen) atoms. The molecular formula is C27H46O9. The van der Waals surface area contributed by atoms with E-state index in [0.29, 0.717) is 19.8 Å². The Balaban J connectivity index is 5.45. The van der Waals surface area contributed by atoms with Crippen molar-refractivity contribution in [2.24, 2.45) is 10.8 Å². The summed E-state index contributed by atoms with van der Waals surface area (Å²) in [7, 11) is 0. The van der Waals surface area contributed by atoms with E-state index in [-0.39, 0.29) is 6.42 Å². The highest BCUT2D eigenvalue weighted by Gasteiger charge is 2.73. The van der Waals surface area contributed by atoms with Crippen LogP contribution in [0.3, 0.4) is 0 Å². The van der Waals surface area contributed by atoms with Gasteiger partial charge in [-0.05, 0) is 27.2 Å². The van der Waals surface area contributed by atoms with Crippen LogP contribution in [-0.4, -0.2) is 68.3 Å². The number of hydrogen-bond donors (Lipinski definition) is 4. The number of aliphatic carboxylic acids is 1. The smallest absolute Gasteiger partial charge is 0.326 e. The quantitative estimate of drug-likeness (QED) is 0.125. The van der Waals surface area contributed by atoms with Gasteiger partial charge in [0, 0.05) is 0 Å². The standard InChI is InChI=1S/C27H46O9/c1-5-6-7-8-9-10-11-12-13-14-15-16-17-23(33)26(19(2)29,20(3)30)27(21(4)31,25(35)36)24(34)22(32)18-28/h22-23,28,32-33H,5-18H2,1-4H3,(H,35,36). The molecule has 4 N–H and O–H groups in total. The summed E-state index contributed by atoms with van der Waals surface area (Å²) < 4.78 is 0. The Morgan fingerprint density at radius 1 is 0.667 bits per heavy atom. The van der Waals surface area contributed by atoms with Crippen molar-refractivity contribution in [1.82, 2.24) is 0 Å². The van der Waals surface area contributed by atoms with Crippen LogP contribution in [0, 0.1) is 10.8 Å². The SMILES string of the molecule is CCCCCCCCCCCCCCC(O)C(C(C)=O)(C(C)=O)C(C(C)=O)(C(=O)O)C(=O)C(O)CO. The van der Waals surface area contributed by atoms with E-state index in [0.717, 1.165) is 39.5 Å². The zero-order chi connectivity index (χ0) is 27.9. The monoisotopic (exact) mass is 514 g/mol. The summed E-state index contributed by atoms with van der Waals surface area (Å²) >= 11 is 0. The summed E-state index contributed by atoms with van der Waals surface area (Å²) in [6, 6.07) is 0. The lowest BCUT2D eigenvalue weighted by molar-refractivity contribution is -0.188. The first kappa shape index (κ1) is 34.0. The Labute approximate surface area is 214 Å². The maximum atomic E-state index is 13.0. The number of carboxylic acids is 1. The number of carbonyl (C=O) groups excluding carboxylic acids is 4. The van der Waals surface area contributed by atoms with Crippen molar-refractivity contribution in [3.8, 4) is 0 Å². The second-order valence-corrected chi connectivity index (χ2v) is 9.79. The van der Waals surface area contributed by atoms with Gasteiger partial charge in [0.15, 0.2) is 11.6 Å². The molecule has 0 aliphatic rings. The molecule has 9 nitrogen and oxygen atoms in total. The highest BCUT2D eigenvalue weighted by molar-refractivity contribution is 6.30. The third kappa shape index (κ3) is 7.76. The minimum absolute atomic E-state index is 0.193. The number of hydrogen-bond acceptors (Lipinski definition) is 8. The molecule has 0 aromatic heterocycles. The van der Waals surface area contributed by atoms with Gasteiger partial charge < -0.3 is 20.4 Å². The number of aliphatic hydroxyl groups is 3. The number of aliphatic hydroxyl groups excluding tert-OH is 3. The molecule has 0 radical (unpaired) electrons. The lowest BCUT2D eigenvalue weighted by Crippen LogP contribution is -2.69. The van der Waals surface area contributed by atoms with Gasteiger partial charge in [-0.2, -0.15) is 0 Å². The predicted octanol–water partition coefficient (Wildman–Crippen LogP) is 3.19. The average Bonchev–Trinajstić information content (AvgIpc) is 2.80. The Bertz CT molecular complexity index is 716. The number of unbranched alkanes of at least 4 members (excludes halogenated alkanes) is 11. The molecule has 0 aromatic carbocycles. The van der Waals surface area contributed by atoms with Gasteiger partial charge in [-0.25, -0.2) is 0 Å². The third-order valence-electron chi connectivity index (χ3n) is 7.23. The van der Waals surface area contributed by atoms with Crippen LogP contribution in [0.15, 0.2) is 0 Å². The van der Waals surface area contributed by atoms with Crippen molar-refractivity contribution in [2.45, 2.75) is 123 Å². The van der Waals surface area contributed by atoms with Crippen molar-refractivity contribution in [2.75, 3.05) is 6.61 Å². The minimum atomic E-state index is -3.37. The number of Topliss-reactive ketones (excluding diaryl/α,β-unsaturated/α-hetero) is 4. The Morgan fingerprint density at radius 2 is 1.06 bits per heavy atom. The molecule has 0 bridgehead atoms. The van der Waals surface area contributed by atoms with Crippen molar-refractivity contribution in [3.63, 3.8) is 0 Å². The molecule has 9 heteroatoms. The lowest BCUT2D eigenvalue weighted by Gasteiger charge is -2.45. The molecule has 0 fully saturated rings. The fourth-order valence-electron chi connectivity index (χ4n) is 5.29. The minimum Gasteiger partial charge on any atom is -0.480 e. The van der Waals surface area contributed by atoms with Crippen LogP contribution in [0.25, 0.3) is 0 Å². The summed E-state index contributed by atoms with van der Waals surface area (Å²) in [5.74, 6) is -7.56. The molecule has 208 valence electrons. The Hall–Kier alpha value is -1.97. The van der Waals surface area contributed by atoms with Gasteiger partial charge in [-0.3, -0.25) is 24.0 Å². The molecular weight excluding hydrogens is 468 g/mol. The molecule has 0 aliphatic heterocycles. The molecule has 3 atom stereocenters. The third-order valence-corrected chi connectivity index (χ3v) is 7.23. The average molecular weight is 515 g/mol. The van der Waals surface area contributed by atoms with Crippen LogP contribution >= 0.6 is 0 Å². The normalized spacial score (nSPS) is 15.1. The van der Waals surface area contributed by atoms with E-state index in [1.54, 1.807) is 0 Å². The zero-order valence-corrected chi connectivity index (χ0v) is 22.4. The van der Waals surface area contributed by atoms with Crippen LogP contribution in [0.1, 0.15) is 111 Å². The fraction of sp³-hybridized carbons (Fsp3) is 0.815. The van der Waals surface area contributed by atoms with Crippen LogP contribution in [-0.2, 0) is 24.0 Å². The fourth-order valence-corrected chi connectivity index (χ4v) is 5.29. The van der Waals surface area contributed by atoms with E-state index < -0.39 is 58.7 Å². The Morgan fingerprint density at radius 3 is 1.36 bits per heavy atom. The van der Waals surface area contributed by atoms with E-state index >= 15 is 0 Å². The van der Waals surface area contributed by atoms with Crippen molar-refractivity contribution >= 4 is 29.1 Å². The molecule has 0 saturated heterocycles. The first-order chi connectivity index (χ1) is 16.9. The number of carboxylic acid groups (broad SMARTS) is 1. The first-order valence-electron chi connectivity index (χ1n) is 13.2. The largest absolute Gasteiger partial charge is 0.480 e. The van der Waals surface area contributed by atoms with Gasteiger partial charge in [0.2, 0.25) is 5.41 Å². The topological polar surface area (TPSA) is 166 Å². The summed E-state index contributed by atoms with van der Waals surface area (Å²) in [6.07, 6.45) is 7.99. The molecule has 0 aliphatic carbocycles. The highest BCUT2D eigenvalue weighted by Crippen LogP contribution is 2.48. The van der Waals surface area contributed by atoms with E-state index in [1.165, 1.54) is 38.5 Å². The van der Waals surface area contributed by atoms with Gasteiger partial charge >= 0.3 is 5.97 Å². The summed E-state index contributed by atoms with van der Waals surface area (Å²) in [4.78, 5) is 63.8. The highest BCUT2D eigenvalue weighted by atomic mass is 16.4. The van der Waals surface area contributed by atoms with Crippen LogP contribution < -0.4 is 0 Å². The number of ketones is 4. The van der Waals surface area contributed by atoms with Gasteiger partial charge in [-0.15, -0.1) is 0 Å². The van der Waals surface area contributed by atoms with Crippen LogP contribution in [0.5, 0.6) is 0 Å². The molecule has 0 saturated carbocycles. The van der Waals surface area contributed by atoms with Gasteiger partial charge in [0.05, 0.1) is 12.7 Å². The van der Waals surface area contributed by atoms with Crippen molar-refractivity contribution in [1.29, 1.82) is 0 Å². The van der Waals surface area contributed by atoms with Crippen LogP contribution in [0.2, 0.25) is 0 Å². The number of carbonyl (C=O) groups is 5. The second kappa shape index (κ2) is 16.7. The lowest BCUT2D eigenvalue weighted by atomic mass is 9.51. The van der Waals surface area contributed by atoms with Crippen LogP contribution in [0.4, 0.5) is 0 Å². The Kier molecular flexibility index (Phi) is 15.8. The van der Waals surface area contributed by atoms with E-state index in [4.69, 9.17) is 0 Å². The first-order valence-corrected chi connectivity index (χ1v) is 13.2. The van der Waals surface area contributed by atoms with Gasteiger partial charge in [0.25, 0.3) is 0 Å². The van der Waals surface area contributed by atoms with E-state index in [2.05, 4.69) is 6.92 Å². The molecule has 0 spiro atoms. The van der Waals surface area contributed by atoms with Crippen molar-refractivity contribution in [3.05, 3.63) is 0 Å². The van der Waals surface area contributed by atoms with Gasteiger partial charge in [0.1, 0.15) is 23.1 Å². The maximum absolute atomic E-state index is 13.0. The van der Waals surface area contributed by atoms with Gasteiger partial charge in [-0.1, -0.05) is 84.0 Å². The molecule has 0 heterocycles. The molecule has 0 amide bonds. The summed E-state index contributed by atoms with van der Waals surface area (Å²) in [5.41, 5.74) is -6.31. The molecule has 0 aromatic rings. The maximum Gasteiger partial charge on any atom is 0.326 e. The molecule has 0 rings (SSSR count). The molecule has 3 unspecified atom stereocenters. The summed E-state index contributed by atoms with van der Waals surface area (Å²) in [5, 5.41) is 40.2. The van der Waals surface area contributed by atoms with E-state index in [1.807, 2.05) is 0 Å². The zero-order valence-electron chi connectivity index (χ0n) is 22.4. The second-order valence-electron chi connectivity index (χ2n) is 9.79. The van der Waals surface area contributed by atoms with Crippen molar-refractivity contribution < 1.29 is 44.4 Å².